The molecule has 1 heteroatoms. The molecule has 2 unspecified atom stereocenters. The maximum Gasteiger partial charge on any atom is 0.00860 e. The van der Waals surface area contributed by atoms with Crippen LogP contribution in [-0.2, 0) is 11.8 Å². The van der Waals surface area contributed by atoms with Gasteiger partial charge in [0.25, 0.3) is 0 Å². The molecule has 0 aliphatic heterocycles. The van der Waals surface area contributed by atoms with E-state index in [1.54, 1.807) is 10.4 Å². The van der Waals surface area contributed by atoms with Crippen molar-refractivity contribution in [3.63, 3.8) is 0 Å². The molecule has 1 fully saturated rings. The molecule has 88 valence electrons. The molecule has 0 saturated heterocycles. The average molecular weight is 234 g/mol. The Hall–Kier alpha value is -0.300. The topological polar surface area (TPSA) is 0 Å². The van der Waals surface area contributed by atoms with Gasteiger partial charge in [-0.05, 0) is 53.5 Å². The molecule has 1 saturated carbocycles. The van der Waals surface area contributed by atoms with E-state index in [0.717, 1.165) is 23.7 Å². The first kappa shape index (κ1) is 10.8. The van der Waals surface area contributed by atoms with Crippen molar-refractivity contribution in [2.24, 2.45) is 23.7 Å². The van der Waals surface area contributed by atoms with Crippen LogP contribution in [0, 0.1) is 23.7 Å². The summed E-state index contributed by atoms with van der Waals surface area (Å²) in [6.07, 6.45) is 2.86. The molecular formula is C15H22S. The standard InChI is InChI=1S/C15H22S/c1-9(2)15(10(3)4)12-5-6-16-14(12)8-11-7-13(11)15/h5-6,9-11,13H,7-8H2,1-4H3. The molecule has 1 aromatic rings. The number of hydrogen-bond donors (Lipinski definition) is 0. The number of thiophene rings is 1. The van der Waals surface area contributed by atoms with Crippen LogP contribution in [0.1, 0.15) is 44.6 Å². The maximum atomic E-state index is 2.43. The molecule has 2 aliphatic carbocycles. The van der Waals surface area contributed by atoms with E-state index in [0.29, 0.717) is 5.41 Å². The first-order valence-corrected chi connectivity index (χ1v) is 7.53. The lowest BCUT2D eigenvalue weighted by molar-refractivity contribution is 0.166. The van der Waals surface area contributed by atoms with Crippen molar-refractivity contribution in [1.29, 1.82) is 0 Å². The SMILES string of the molecule is CC(C)C1(C(C)C)c2ccsc2CC2CC21. The van der Waals surface area contributed by atoms with E-state index < -0.39 is 0 Å². The van der Waals surface area contributed by atoms with Gasteiger partial charge in [-0.3, -0.25) is 0 Å². The summed E-state index contributed by atoms with van der Waals surface area (Å²) in [7, 11) is 0. The zero-order valence-electron chi connectivity index (χ0n) is 10.8. The maximum absolute atomic E-state index is 2.43. The fraction of sp³-hybridized carbons (Fsp3) is 0.733. The van der Waals surface area contributed by atoms with Gasteiger partial charge in [0, 0.05) is 10.3 Å². The molecule has 0 N–H and O–H groups in total. The zero-order valence-corrected chi connectivity index (χ0v) is 11.6. The summed E-state index contributed by atoms with van der Waals surface area (Å²) in [4.78, 5) is 1.70. The van der Waals surface area contributed by atoms with Gasteiger partial charge in [-0.1, -0.05) is 27.7 Å². The largest absolute Gasteiger partial charge is 0.149 e. The fourth-order valence-electron chi connectivity index (χ4n) is 4.53. The van der Waals surface area contributed by atoms with Crippen LogP contribution in [-0.4, -0.2) is 0 Å². The minimum Gasteiger partial charge on any atom is -0.149 e. The summed E-state index contributed by atoms with van der Waals surface area (Å²) in [5.74, 6) is 3.54. The Balaban J connectivity index is 2.18. The Morgan fingerprint density at radius 3 is 2.56 bits per heavy atom. The lowest BCUT2D eigenvalue weighted by atomic mass is 9.59. The molecule has 2 atom stereocenters. The number of rotatable bonds is 2. The Kier molecular flexibility index (Phi) is 2.27. The van der Waals surface area contributed by atoms with E-state index in [1.807, 2.05) is 11.3 Å². The molecule has 2 aliphatic rings. The van der Waals surface area contributed by atoms with Gasteiger partial charge < -0.3 is 0 Å². The highest BCUT2D eigenvalue weighted by molar-refractivity contribution is 7.10. The second-order valence-electron chi connectivity index (χ2n) is 6.31. The van der Waals surface area contributed by atoms with Crippen molar-refractivity contribution in [3.8, 4) is 0 Å². The molecule has 1 heterocycles. The van der Waals surface area contributed by atoms with E-state index in [9.17, 15) is 0 Å². The van der Waals surface area contributed by atoms with E-state index in [4.69, 9.17) is 0 Å². The third kappa shape index (κ3) is 1.16. The third-order valence-corrected chi connectivity index (χ3v) is 6.05. The third-order valence-electron chi connectivity index (χ3n) is 5.11. The van der Waals surface area contributed by atoms with E-state index in [1.165, 1.54) is 12.8 Å². The van der Waals surface area contributed by atoms with Crippen molar-refractivity contribution in [1.82, 2.24) is 0 Å². The predicted molar refractivity (Wildman–Crippen MR) is 71.0 cm³/mol. The van der Waals surface area contributed by atoms with Gasteiger partial charge in [-0.15, -0.1) is 11.3 Å². The molecule has 0 bridgehead atoms. The normalized spacial score (nSPS) is 30.4. The highest BCUT2D eigenvalue weighted by Gasteiger charge is 2.59. The molecule has 0 aromatic carbocycles. The summed E-state index contributed by atoms with van der Waals surface area (Å²) in [5, 5.41) is 2.31. The summed E-state index contributed by atoms with van der Waals surface area (Å²) >= 11 is 1.99. The van der Waals surface area contributed by atoms with E-state index >= 15 is 0 Å². The van der Waals surface area contributed by atoms with Gasteiger partial charge in [0.1, 0.15) is 0 Å². The Labute approximate surface area is 103 Å². The summed E-state index contributed by atoms with van der Waals surface area (Å²) in [6.45, 7) is 9.73. The minimum atomic E-state index is 0.484. The molecule has 16 heavy (non-hydrogen) atoms. The van der Waals surface area contributed by atoms with Crippen LogP contribution in [0.25, 0.3) is 0 Å². The molecule has 1 aromatic heterocycles. The zero-order chi connectivity index (χ0) is 11.5. The molecular weight excluding hydrogens is 212 g/mol. The highest BCUT2D eigenvalue weighted by Crippen LogP contribution is 2.64. The Morgan fingerprint density at radius 1 is 1.25 bits per heavy atom. The summed E-state index contributed by atoms with van der Waals surface area (Å²) < 4.78 is 0. The van der Waals surface area contributed by atoms with Gasteiger partial charge in [0.2, 0.25) is 0 Å². The van der Waals surface area contributed by atoms with Crippen molar-refractivity contribution in [2.45, 2.75) is 46.0 Å². The average Bonchev–Trinajstić information content (AvgIpc) is 2.80. The smallest absolute Gasteiger partial charge is 0.00860 e. The van der Waals surface area contributed by atoms with Crippen LogP contribution in [0.4, 0.5) is 0 Å². The first-order chi connectivity index (χ1) is 7.58. The minimum absolute atomic E-state index is 0.484. The fourth-order valence-corrected chi connectivity index (χ4v) is 5.58. The van der Waals surface area contributed by atoms with Crippen molar-refractivity contribution in [3.05, 3.63) is 21.9 Å². The Morgan fingerprint density at radius 2 is 1.94 bits per heavy atom. The second kappa shape index (κ2) is 3.35. The molecule has 0 nitrogen and oxygen atoms in total. The first-order valence-electron chi connectivity index (χ1n) is 6.65. The highest BCUT2D eigenvalue weighted by atomic mass is 32.1. The quantitative estimate of drug-likeness (QED) is 0.707. The molecule has 3 rings (SSSR count). The van der Waals surface area contributed by atoms with Crippen molar-refractivity contribution >= 4 is 11.3 Å². The second-order valence-corrected chi connectivity index (χ2v) is 7.31. The van der Waals surface area contributed by atoms with Crippen LogP contribution in [0.15, 0.2) is 11.4 Å². The number of fused-ring (bicyclic) bond motifs is 2. The summed E-state index contributed by atoms with van der Waals surface area (Å²) in [5.41, 5.74) is 2.19. The van der Waals surface area contributed by atoms with Crippen molar-refractivity contribution in [2.75, 3.05) is 0 Å². The van der Waals surface area contributed by atoms with Gasteiger partial charge >= 0.3 is 0 Å². The van der Waals surface area contributed by atoms with Crippen LogP contribution in [0.2, 0.25) is 0 Å². The number of hydrogen-bond acceptors (Lipinski definition) is 1. The van der Waals surface area contributed by atoms with Gasteiger partial charge in [0.05, 0.1) is 0 Å². The lowest BCUT2D eigenvalue weighted by Crippen LogP contribution is -2.43. The van der Waals surface area contributed by atoms with Crippen LogP contribution >= 0.6 is 11.3 Å². The van der Waals surface area contributed by atoms with Crippen LogP contribution in [0.3, 0.4) is 0 Å². The molecule has 0 spiro atoms. The van der Waals surface area contributed by atoms with Gasteiger partial charge in [-0.25, -0.2) is 0 Å². The molecule has 0 radical (unpaired) electrons. The van der Waals surface area contributed by atoms with Gasteiger partial charge in [0.15, 0.2) is 0 Å². The van der Waals surface area contributed by atoms with Crippen LogP contribution in [0.5, 0.6) is 0 Å². The van der Waals surface area contributed by atoms with E-state index in [-0.39, 0.29) is 0 Å². The predicted octanol–water partition coefficient (Wildman–Crippen LogP) is 4.49. The van der Waals surface area contributed by atoms with Gasteiger partial charge in [-0.2, -0.15) is 0 Å². The van der Waals surface area contributed by atoms with Crippen LogP contribution < -0.4 is 0 Å². The lowest BCUT2D eigenvalue weighted by Gasteiger charge is -2.45. The van der Waals surface area contributed by atoms with Crippen molar-refractivity contribution < 1.29 is 0 Å². The Bertz CT molecular complexity index is 391. The monoisotopic (exact) mass is 234 g/mol. The van der Waals surface area contributed by atoms with E-state index in [2.05, 4.69) is 39.1 Å². The molecule has 0 amide bonds. The summed E-state index contributed by atoms with van der Waals surface area (Å²) in [6, 6.07) is 2.43.